The Morgan fingerprint density at radius 2 is 1.74 bits per heavy atom. The average Bonchev–Trinajstić information content (AvgIpc) is 2.68. The van der Waals surface area contributed by atoms with Crippen LogP contribution in [0.15, 0.2) is 42.5 Å². The number of piperidine rings is 1. The van der Waals surface area contributed by atoms with Crippen molar-refractivity contribution in [3.8, 4) is 0 Å². The van der Waals surface area contributed by atoms with Crippen LogP contribution in [0.4, 0.5) is 0 Å². The van der Waals surface area contributed by atoms with E-state index in [0.29, 0.717) is 32.4 Å². The van der Waals surface area contributed by atoms with Crippen molar-refractivity contribution in [3.05, 3.63) is 48.0 Å². The molecule has 2 amide bonds. The zero-order valence-corrected chi connectivity index (χ0v) is 16.2. The van der Waals surface area contributed by atoms with Crippen molar-refractivity contribution in [1.29, 1.82) is 0 Å². The van der Waals surface area contributed by atoms with Crippen LogP contribution < -0.4 is 5.32 Å². The molecule has 1 aliphatic rings. The summed E-state index contributed by atoms with van der Waals surface area (Å²) in [6, 6.07) is 13.9. The molecule has 2 aromatic rings. The molecule has 1 N–H and O–H groups in total. The van der Waals surface area contributed by atoms with Gasteiger partial charge in [0.15, 0.2) is 9.84 Å². The Bertz CT molecular complexity index is 942. The molecule has 0 unspecified atom stereocenters. The van der Waals surface area contributed by atoms with E-state index in [2.05, 4.69) is 5.32 Å². The van der Waals surface area contributed by atoms with Crippen molar-refractivity contribution in [1.82, 2.24) is 10.2 Å². The molecule has 27 heavy (non-hydrogen) atoms. The van der Waals surface area contributed by atoms with Crippen molar-refractivity contribution in [2.45, 2.75) is 24.5 Å². The Balaban J connectivity index is 1.62. The van der Waals surface area contributed by atoms with E-state index in [1.807, 2.05) is 42.5 Å². The summed E-state index contributed by atoms with van der Waals surface area (Å²) in [5.74, 6) is -0.976. The first kappa shape index (κ1) is 19.4. The summed E-state index contributed by atoms with van der Waals surface area (Å²) < 4.78 is 24.6. The molecule has 0 aromatic heterocycles. The number of sulfone groups is 1. The molecule has 7 heteroatoms. The van der Waals surface area contributed by atoms with Gasteiger partial charge in [0.25, 0.3) is 0 Å². The molecule has 0 atom stereocenters. The fourth-order valence-corrected chi connectivity index (χ4v) is 5.23. The van der Waals surface area contributed by atoms with Crippen LogP contribution in [0.5, 0.6) is 0 Å². The van der Waals surface area contributed by atoms with E-state index in [-0.39, 0.29) is 5.91 Å². The number of hydrogen-bond donors (Lipinski definition) is 1. The van der Waals surface area contributed by atoms with Crippen LogP contribution in [-0.4, -0.2) is 56.3 Å². The van der Waals surface area contributed by atoms with Crippen molar-refractivity contribution in [2.24, 2.45) is 0 Å². The second-order valence-electron chi connectivity index (χ2n) is 6.88. The molecule has 144 valence electrons. The number of carbonyl (C=O) groups is 2. The van der Waals surface area contributed by atoms with Crippen LogP contribution in [0.2, 0.25) is 0 Å². The second-order valence-corrected chi connectivity index (χ2v) is 9.16. The van der Waals surface area contributed by atoms with E-state index in [1.54, 1.807) is 4.90 Å². The summed E-state index contributed by atoms with van der Waals surface area (Å²) in [7, 11) is -2.06. The molecule has 0 aliphatic carbocycles. The van der Waals surface area contributed by atoms with E-state index >= 15 is 0 Å². The molecular formula is C20H24N2O4S. The summed E-state index contributed by atoms with van der Waals surface area (Å²) >= 11 is 0. The summed E-state index contributed by atoms with van der Waals surface area (Å²) in [6.45, 7) is 0.808. The van der Waals surface area contributed by atoms with Gasteiger partial charge >= 0.3 is 0 Å². The molecule has 1 aliphatic heterocycles. The van der Waals surface area contributed by atoms with Gasteiger partial charge in [-0.3, -0.25) is 9.59 Å². The van der Waals surface area contributed by atoms with Crippen molar-refractivity contribution in [3.63, 3.8) is 0 Å². The van der Waals surface area contributed by atoms with Gasteiger partial charge in [0.1, 0.15) is 5.75 Å². The molecule has 0 saturated carbocycles. The van der Waals surface area contributed by atoms with Crippen LogP contribution >= 0.6 is 0 Å². The lowest BCUT2D eigenvalue weighted by molar-refractivity contribution is -0.131. The van der Waals surface area contributed by atoms with Crippen LogP contribution in [0, 0.1) is 0 Å². The molecule has 6 nitrogen and oxygen atoms in total. The van der Waals surface area contributed by atoms with Gasteiger partial charge in [-0.25, -0.2) is 8.42 Å². The smallest absolute Gasteiger partial charge is 0.234 e. The summed E-state index contributed by atoms with van der Waals surface area (Å²) in [4.78, 5) is 25.8. The molecule has 0 bridgehead atoms. The molecular weight excluding hydrogens is 364 g/mol. The molecule has 1 heterocycles. The third-order valence-electron chi connectivity index (χ3n) is 5.14. The van der Waals surface area contributed by atoms with Crippen molar-refractivity contribution in [2.75, 3.05) is 25.9 Å². The van der Waals surface area contributed by atoms with Crippen LogP contribution in [-0.2, 0) is 25.8 Å². The number of carbonyl (C=O) groups excluding carboxylic acids is 2. The number of benzene rings is 2. The highest BCUT2D eigenvalue weighted by Crippen LogP contribution is 2.22. The number of amides is 2. The minimum absolute atomic E-state index is 0.00787. The maximum absolute atomic E-state index is 12.7. The normalized spacial score (nSPS) is 15.7. The molecule has 1 fully saturated rings. The van der Waals surface area contributed by atoms with E-state index < -0.39 is 26.7 Å². The third-order valence-corrected chi connectivity index (χ3v) is 7.29. The number of likely N-dealkylation sites (tertiary alicyclic amines) is 1. The molecule has 0 radical (unpaired) electrons. The van der Waals surface area contributed by atoms with E-state index in [0.717, 1.165) is 16.3 Å². The van der Waals surface area contributed by atoms with Crippen LogP contribution in [0.25, 0.3) is 10.8 Å². The lowest BCUT2D eigenvalue weighted by atomic mass is 10.0. The van der Waals surface area contributed by atoms with Gasteiger partial charge in [-0.2, -0.15) is 0 Å². The van der Waals surface area contributed by atoms with Gasteiger partial charge in [-0.15, -0.1) is 0 Å². The van der Waals surface area contributed by atoms with Gasteiger partial charge in [-0.05, 0) is 29.2 Å². The van der Waals surface area contributed by atoms with Gasteiger partial charge in [0.2, 0.25) is 11.8 Å². The zero-order valence-electron chi connectivity index (χ0n) is 15.3. The number of fused-ring (bicyclic) bond motifs is 1. The first-order valence-corrected chi connectivity index (χ1v) is 10.8. The monoisotopic (exact) mass is 388 g/mol. The number of rotatable bonds is 5. The van der Waals surface area contributed by atoms with Gasteiger partial charge in [0.05, 0.1) is 11.7 Å². The topological polar surface area (TPSA) is 83.6 Å². The Hall–Kier alpha value is -2.41. The minimum atomic E-state index is -3.48. The van der Waals surface area contributed by atoms with E-state index in [1.165, 1.54) is 7.05 Å². The van der Waals surface area contributed by atoms with Crippen molar-refractivity contribution < 1.29 is 18.0 Å². The summed E-state index contributed by atoms with van der Waals surface area (Å²) in [5, 5.41) is 3.95. The summed E-state index contributed by atoms with van der Waals surface area (Å²) in [5.41, 5.74) is 0.979. The minimum Gasteiger partial charge on any atom is -0.358 e. The van der Waals surface area contributed by atoms with Gasteiger partial charge < -0.3 is 10.2 Å². The number of nitrogens with one attached hydrogen (secondary N) is 1. The van der Waals surface area contributed by atoms with Crippen LogP contribution in [0.1, 0.15) is 18.4 Å². The van der Waals surface area contributed by atoms with Gasteiger partial charge in [0, 0.05) is 20.1 Å². The SMILES string of the molecule is CNC(=O)CS(=O)(=O)C1CCN(C(=O)Cc2cccc3ccccc23)CC1. The average molecular weight is 388 g/mol. The largest absolute Gasteiger partial charge is 0.358 e. The van der Waals surface area contributed by atoms with E-state index in [9.17, 15) is 18.0 Å². The highest BCUT2D eigenvalue weighted by atomic mass is 32.2. The lowest BCUT2D eigenvalue weighted by Crippen LogP contribution is -2.44. The molecule has 1 saturated heterocycles. The first-order valence-electron chi connectivity index (χ1n) is 9.07. The molecule has 0 spiro atoms. The number of nitrogens with zero attached hydrogens (tertiary/aromatic N) is 1. The highest BCUT2D eigenvalue weighted by molar-refractivity contribution is 7.92. The second kappa shape index (κ2) is 8.08. The third kappa shape index (κ3) is 4.47. The molecule has 2 aromatic carbocycles. The maximum Gasteiger partial charge on any atom is 0.234 e. The first-order chi connectivity index (χ1) is 12.9. The number of hydrogen-bond acceptors (Lipinski definition) is 4. The Morgan fingerprint density at radius 3 is 2.44 bits per heavy atom. The lowest BCUT2D eigenvalue weighted by Gasteiger charge is -2.31. The standard InChI is InChI=1S/C20H24N2O4S/c1-21-19(23)14-27(25,26)17-9-11-22(12-10-17)20(24)13-16-7-4-6-15-5-2-3-8-18(15)16/h2-8,17H,9-14H2,1H3,(H,21,23). The fourth-order valence-electron chi connectivity index (χ4n) is 3.56. The fraction of sp³-hybridized carbons (Fsp3) is 0.400. The Morgan fingerprint density at radius 1 is 1.07 bits per heavy atom. The highest BCUT2D eigenvalue weighted by Gasteiger charge is 2.32. The Labute approximate surface area is 159 Å². The van der Waals surface area contributed by atoms with Crippen molar-refractivity contribution >= 4 is 32.4 Å². The molecule has 3 rings (SSSR count). The Kier molecular flexibility index (Phi) is 5.79. The predicted molar refractivity (Wildman–Crippen MR) is 105 cm³/mol. The summed E-state index contributed by atoms with van der Waals surface area (Å²) in [6.07, 6.45) is 1.05. The van der Waals surface area contributed by atoms with Crippen LogP contribution in [0.3, 0.4) is 0 Å². The zero-order chi connectivity index (χ0) is 19.4. The predicted octanol–water partition coefficient (Wildman–Crippen LogP) is 1.53. The quantitative estimate of drug-likeness (QED) is 0.842. The van der Waals surface area contributed by atoms with E-state index in [4.69, 9.17) is 0 Å². The maximum atomic E-state index is 12.7. The van der Waals surface area contributed by atoms with Gasteiger partial charge in [-0.1, -0.05) is 42.5 Å².